The quantitative estimate of drug-likeness (QED) is 0.763. The molecule has 1 unspecified atom stereocenters. The summed E-state index contributed by atoms with van der Waals surface area (Å²) in [4.78, 5) is 34.1. The van der Waals surface area contributed by atoms with Gasteiger partial charge >= 0.3 is 0 Å². The lowest BCUT2D eigenvalue weighted by Crippen LogP contribution is -2.41. The van der Waals surface area contributed by atoms with Gasteiger partial charge in [-0.25, -0.2) is 4.98 Å². The van der Waals surface area contributed by atoms with Gasteiger partial charge in [0.1, 0.15) is 5.82 Å². The molecule has 0 fully saturated rings. The molecule has 0 N–H and O–H groups in total. The normalized spacial score (nSPS) is 12.8. The molecule has 0 radical (unpaired) electrons. The van der Waals surface area contributed by atoms with Gasteiger partial charge in [-0.15, -0.1) is 0 Å². The number of hydrogen-bond donors (Lipinski definition) is 0. The highest BCUT2D eigenvalue weighted by atomic mass is 16.2. The summed E-state index contributed by atoms with van der Waals surface area (Å²) in [6.07, 6.45) is 0.485. The van der Waals surface area contributed by atoms with Crippen molar-refractivity contribution in [2.75, 3.05) is 27.2 Å². The van der Waals surface area contributed by atoms with Crippen molar-refractivity contribution in [3.63, 3.8) is 0 Å². The first-order valence-corrected chi connectivity index (χ1v) is 9.12. The Kier molecular flexibility index (Phi) is 6.53. The fraction of sp³-hybridized carbons (Fsp3) is 0.550. The molecular weight excluding hydrogens is 328 g/mol. The van der Waals surface area contributed by atoms with Crippen LogP contribution in [0.15, 0.2) is 29.1 Å². The average Bonchev–Trinajstić information content (AvgIpc) is 2.57. The van der Waals surface area contributed by atoms with Crippen LogP contribution in [0.25, 0.3) is 10.9 Å². The summed E-state index contributed by atoms with van der Waals surface area (Å²) in [6.45, 7) is 7.38. The molecule has 0 spiro atoms. The Hall–Kier alpha value is -2.21. The van der Waals surface area contributed by atoms with Crippen LogP contribution in [0.5, 0.6) is 0 Å². The summed E-state index contributed by atoms with van der Waals surface area (Å²) in [5.74, 6) is 0.992. The summed E-state index contributed by atoms with van der Waals surface area (Å²) in [5.41, 5.74) is 0.586. The number of rotatable bonds is 7. The van der Waals surface area contributed by atoms with Crippen LogP contribution in [0.2, 0.25) is 0 Å². The maximum atomic E-state index is 12.8. The lowest BCUT2D eigenvalue weighted by atomic mass is 10.1. The van der Waals surface area contributed by atoms with Gasteiger partial charge in [0.2, 0.25) is 5.91 Å². The lowest BCUT2D eigenvalue weighted by Gasteiger charge is -2.31. The molecule has 0 aliphatic rings. The van der Waals surface area contributed by atoms with Crippen LogP contribution in [0.1, 0.15) is 39.1 Å². The van der Waals surface area contributed by atoms with Crippen LogP contribution in [0.3, 0.4) is 0 Å². The van der Waals surface area contributed by atoms with Gasteiger partial charge in [0.25, 0.3) is 5.56 Å². The van der Waals surface area contributed by atoms with E-state index in [9.17, 15) is 9.59 Å². The maximum Gasteiger partial charge on any atom is 0.261 e. The van der Waals surface area contributed by atoms with E-state index < -0.39 is 0 Å². The van der Waals surface area contributed by atoms with Crippen molar-refractivity contribution >= 4 is 16.8 Å². The van der Waals surface area contributed by atoms with E-state index in [0.717, 1.165) is 6.54 Å². The van der Waals surface area contributed by atoms with Crippen molar-refractivity contribution in [1.82, 2.24) is 19.4 Å². The zero-order valence-electron chi connectivity index (χ0n) is 16.7. The van der Waals surface area contributed by atoms with Crippen LogP contribution in [0.4, 0.5) is 0 Å². The van der Waals surface area contributed by atoms with Crippen molar-refractivity contribution in [3.05, 3.63) is 40.4 Å². The van der Waals surface area contributed by atoms with E-state index in [-0.39, 0.29) is 23.4 Å². The third-order valence-electron chi connectivity index (χ3n) is 4.55. The molecule has 1 atom stereocenters. The van der Waals surface area contributed by atoms with Crippen molar-refractivity contribution in [2.24, 2.45) is 13.0 Å². The van der Waals surface area contributed by atoms with Crippen molar-refractivity contribution in [3.8, 4) is 0 Å². The van der Waals surface area contributed by atoms with E-state index in [0.29, 0.717) is 29.7 Å². The standard InChI is InChI=1S/C20H30N4O2/c1-14(2)13-18(25)24(12-11-22(4)5)15(3)19-21-17-10-8-7-9-16(17)20(26)23(19)6/h7-10,14-15H,11-13H2,1-6H3. The summed E-state index contributed by atoms with van der Waals surface area (Å²) >= 11 is 0. The maximum absolute atomic E-state index is 12.8. The zero-order chi connectivity index (χ0) is 19.4. The van der Waals surface area contributed by atoms with Gasteiger partial charge in [-0.1, -0.05) is 26.0 Å². The number of benzene rings is 1. The molecule has 0 aliphatic carbocycles. The fourth-order valence-corrected chi connectivity index (χ4v) is 3.06. The first kappa shape index (κ1) is 20.1. The Bertz CT molecular complexity index is 826. The zero-order valence-corrected chi connectivity index (χ0v) is 16.7. The summed E-state index contributed by atoms with van der Waals surface area (Å²) < 4.78 is 1.57. The van der Waals surface area contributed by atoms with Crippen molar-refractivity contribution in [1.29, 1.82) is 0 Å². The minimum Gasteiger partial charge on any atom is -0.331 e. The Labute approximate surface area is 155 Å². The Morgan fingerprint density at radius 2 is 1.81 bits per heavy atom. The Balaban J connectivity index is 2.45. The smallest absolute Gasteiger partial charge is 0.261 e. The molecule has 1 amide bonds. The Morgan fingerprint density at radius 3 is 2.42 bits per heavy atom. The van der Waals surface area contributed by atoms with Gasteiger partial charge in [0, 0.05) is 26.6 Å². The number of aromatic nitrogens is 2. The van der Waals surface area contributed by atoms with Gasteiger partial charge in [0.05, 0.1) is 16.9 Å². The molecule has 6 nitrogen and oxygen atoms in total. The molecule has 6 heteroatoms. The SMILES string of the molecule is CC(C)CC(=O)N(CCN(C)C)C(C)c1nc2ccccc2c(=O)n1C. The number of likely N-dealkylation sites (N-methyl/N-ethyl adjacent to an activating group) is 1. The van der Waals surface area contributed by atoms with E-state index >= 15 is 0 Å². The highest BCUT2D eigenvalue weighted by Gasteiger charge is 2.25. The van der Waals surface area contributed by atoms with Crippen LogP contribution in [0, 0.1) is 5.92 Å². The summed E-state index contributed by atoms with van der Waals surface area (Å²) in [7, 11) is 5.70. The molecule has 26 heavy (non-hydrogen) atoms. The minimum atomic E-state index is -0.275. The fourth-order valence-electron chi connectivity index (χ4n) is 3.06. The number of fused-ring (bicyclic) bond motifs is 1. The van der Waals surface area contributed by atoms with Crippen molar-refractivity contribution < 1.29 is 4.79 Å². The van der Waals surface area contributed by atoms with E-state index in [1.807, 2.05) is 58.0 Å². The van der Waals surface area contributed by atoms with E-state index in [1.54, 1.807) is 17.7 Å². The number of amides is 1. The van der Waals surface area contributed by atoms with Crippen LogP contribution >= 0.6 is 0 Å². The lowest BCUT2D eigenvalue weighted by molar-refractivity contribution is -0.134. The van der Waals surface area contributed by atoms with Gasteiger partial charge < -0.3 is 9.80 Å². The highest BCUT2D eigenvalue weighted by molar-refractivity contribution is 5.78. The molecule has 2 aromatic rings. The first-order valence-electron chi connectivity index (χ1n) is 9.12. The molecule has 1 aromatic carbocycles. The third kappa shape index (κ3) is 4.49. The van der Waals surface area contributed by atoms with E-state index in [1.165, 1.54) is 0 Å². The highest BCUT2D eigenvalue weighted by Crippen LogP contribution is 2.21. The second kappa shape index (κ2) is 8.45. The summed E-state index contributed by atoms with van der Waals surface area (Å²) in [6, 6.07) is 7.06. The molecule has 0 saturated heterocycles. The van der Waals surface area contributed by atoms with Gasteiger partial charge in [-0.3, -0.25) is 14.2 Å². The predicted octanol–water partition coefficient (Wildman–Crippen LogP) is 2.43. The summed E-state index contributed by atoms with van der Waals surface area (Å²) in [5, 5.41) is 0.597. The van der Waals surface area contributed by atoms with E-state index in [4.69, 9.17) is 4.98 Å². The first-order chi connectivity index (χ1) is 12.2. The second-order valence-corrected chi connectivity index (χ2v) is 7.52. The molecule has 1 aromatic heterocycles. The van der Waals surface area contributed by atoms with Crippen LogP contribution in [-0.4, -0.2) is 52.4 Å². The topological polar surface area (TPSA) is 58.4 Å². The predicted molar refractivity (Wildman–Crippen MR) is 105 cm³/mol. The van der Waals surface area contributed by atoms with Crippen molar-refractivity contribution in [2.45, 2.75) is 33.2 Å². The van der Waals surface area contributed by atoms with Crippen LogP contribution in [-0.2, 0) is 11.8 Å². The number of nitrogens with zero attached hydrogens (tertiary/aromatic N) is 4. The third-order valence-corrected chi connectivity index (χ3v) is 4.55. The van der Waals surface area contributed by atoms with Gasteiger partial charge in [-0.2, -0.15) is 0 Å². The molecule has 142 valence electrons. The number of carbonyl (C=O) groups is 1. The molecule has 0 bridgehead atoms. The Morgan fingerprint density at radius 1 is 1.15 bits per heavy atom. The largest absolute Gasteiger partial charge is 0.331 e. The molecule has 1 heterocycles. The molecule has 0 saturated carbocycles. The molecule has 0 aliphatic heterocycles. The number of para-hydroxylation sites is 1. The molecular formula is C20H30N4O2. The number of hydrogen-bond acceptors (Lipinski definition) is 4. The van der Waals surface area contributed by atoms with Gasteiger partial charge in [-0.05, 0) is 39.1 Å². The monoisotopic (exact) mass is 358 g/mol. The average molecular weight is 358 g/mol. The second-order valence-electron chi connectivity index (χ2n) is 7.52. The van der Waals surface area contributed by atoms with Gasteiger partial charge in [0.15, 0.2) is 0 Å². The minimum absolute atomic E-state index is 0.0821. The van der Waals surface area contributed by atoms with E-state index in [2.05, 4.69) is 4.90 Å². The number of carbonyl (C=O) groups excluding carboxylic acids is 1. The van der Waals surface area contributed by atoms with Crippen LogP contribution < -0.4 is 5.56 Å². The molecule has 2 rings (SSSR count).